The summed E-state index contributed by atoms with van der Waals surface area (Å²) in [7, 11) is 1.78. The number of amides is 2. The number of rotatable bonds is 2. The lowest BCUT2D eigenvalue weighted by Gasteiger charge is -2.14. The third-order valence-electron chi connectivity index (χ3n) is 3.20. The molecule has 1 aromatic heterocycles. The van der Waals surface area contributed by atoms with Gasteiger partial charge < -0.3 is 0 Å². The van der Waals surface area contributed by atoms with Gasteiger partial charge in [0.1, 0.15) is 0 Å². The van der Waals surface area contributed by atoms with Crippen molar-refractivity contribution in [3.05, 3.63) is 51.8 Å². The summed E-state index contributed by atoms with van der Waals surface area (Å²) in [5, 5.41) is 4.08. The molecule has 2 amide bonds. The summed E-state index contributed by atoms with van der Waals surface area (Å²) in [4.78, 5) is 25.7. The van der Waals surface area contributed by atoms with Crippen molar-refractivity contribution in [2.24, 2.45) is 7.05 Å². The van der Waals surface area contributed by atoms with Crippen LogP contribution in [0.3, 0.4) is 0 Å². The number of halogens is 1. The predicted octanol–water partition coefficient (Wildman–Crippen LogP) is 1.98. The molecule has 0 atom stereocenters. The zero-order chi connectivity index (χ0) is 13.6. The molecule has 0 aliphatic carbocycles. The van der Waals surface area contributed by atoms with Crippen LogP contribution in [-0.4, -0.2) is 26.5 Å². The van der Waals surface area contributed by atoms with Crippen molar-refractivity contribution < 1.29 is 9.59 Å². The van der Waals surface area contributed by atoms with Crippen molar-refractivity contribution >= 4 is 27.7 Å². The average molecular weight is 320 g/mol. The molecule has 0 fully saturated rings. The molecular weight excluding hydrogens is 310 g/mol. The highest BCUT2D eigenvalue weighted by Gasteiger charge is 2.35. The Bertz CT molecular complexity index is 638. The summed E-state index contributed by atoms with van der Waals surface area (Å²) >= 11 is 3.37. The Morgan fingerprint density at radius 2 is 1.74 bits per heavy atom. The second kappa shape index (κ2) is 4.31. The Labute approximate surface area is 118 Å². The molecule has 0 radical (unpaired) electrons. The Kier molecular flexibility index (Phi) is 2.74. The molecule has 0 saturated heterocycles. The third kappa shape index (κ3) is 1.79. The van der Waals surface area contributed by atoms with E-state index in [1.807, 2.05) is 0 Å². The van der Waals surface area contributed by atoms with Gasteiger partial charge in [0.15, 0.2) is 0 Å². The van der Waals surface area contributed by atoms with E-state index in [9.17, 15) is 9.59 Å². The second-order valence-electron chi connectivity index (χ2n) is 4.30. The molecule has 96 valence electrons. The van der Waals surface area contributed by atoms with Gasteiger partial charge in [-0.25, -0.2) is 0 Å². The van der Waals surface area contributed by atoms with Crippen LogP contribution in [0.4, 0.5) is 0 Å². The molecule has 1 aromatic carbocycles. The Hall–Kier alpha value is -1.95. The van der Waals surface area contributed by atoms with Crippen molar-refractivity contribution in [2.45, 2.75) is 6.54 Å². The number of aryl methyl sites for hydroxylation is 1. The molecule has 6 heteroatoms. The number of nitrogens with zero attached hydrogens (tertiary/aromatic N) is 3. The number of hydrogen-bond acceptors (Lipinski definition) is 3. The maximum absolute atomic E-state index is 12.2. The number of aromatic nitrogens is 2. The van der Waals surface area contributed by atoms with Gasteiger partial charge in [0.25, 0.3) is 11.8 Å². The van der Waals surface area contributed by atoms with Gasteiger partial charge >= 0.3 is 0 Å². The summed E-state index contributed by atoms with van der Waals surface area (Å²) in [5.74, 6) is -0.512. The van der Waals surface area contributed by atoms with Crippen molar-refractivity contribution in [3.63, 3.8) is 0 Å². The van der Waals surface area contributed by atoms with Crippen LogP contribution in [0.5, 0.6) is 0 Å². The standard InChI is InChI=1S/C13H10BrN3O2/c1-16-11(10(14)6-15-16)7-17-12(18)8-4-2-3-5-9(8)13(17)19/h2-6H,7H2,1H3. The number of imide groups is 1. The van der Waals surface area contributed by atoms with Gasteiger partial charge in [-0.2, -0.15) is 5.10 Å². The van der Waals surface area contributed by atoms with E-state index in [0.717, 1.165) is 10.2 Å². The first kappa shape index (κ1) is 12.1. The van der Waals surface area contributed by atoms with Crippen LogP contribution in [0.15, 0.2) is 34.9 Å². The molecule has 5 nitrogen and oxygen atoms in total. The first-order chi connectivity index (χ1) is 9.09. The van der Waals surface area contributed by atoms with E-state index in [-0.39, 0.29) is 18.4 Å². The molecule has 2 heterocycles. The van der Waals surface area contributed by atoms with Gasteiger partial charge in [0.2, 0.25) is 0 Å². The summed E-state index contributed by atoms with van der Waals surface area (Å²) in [6, 6.07) is 6.86. The largest absolute Gasteiger partial charge is 0.270 e. The molecule has 2 aromatic rings. The Morgan fingerprint density at radius 3 is 2.21 bits per heavy atom. The zero-order valence-corrected chi connectivity index (χ0v) is 11.7. The Morgan fingerprint density at radius 1 is 1.16 bits per heavy atom. The molecule has 0 unspecified atom stereocenters. The van der Waals surface area contributed by atoms with E-state index in [1.165, 1.54) is 4.90 Å². The highest BCUT2D eigenvalue weighted by atomic mass is 79.9. The molecule has 19 heavy (non-hydrogen) atoms. The normalized spacial score (nSPS) is 14.1. The van der Waals surface area contributed by atoms with E-state index >= 15 is 0 Å². The first-order valence-electron chi connectivity index (χ1n) is 5.71. The maximum Gasteiger partial charge on any atom is 0.261 e. The summed E-state index contributed by atoms with van der Waals surface area (Å²) < 4.78 is 2.43. The van der Waals surface area contributed by atoms with Crippen LogP contribution in [0.25, 0.3) is 0 Å². The van der Waals surface area contributed by atoms with Crippen molar-refractivity contribution in [2.75, 3.05) is 0 Å². The van der Waals surface area contributed by atoms with Crippen LogP contribution < -0.4 is 0 Å². The quantitative estimate of drug-likeness (QED) is 0.795. The number of fused-ring (bicyclic) bond motifs is 1. The van der Waals surface area contributed by atoms with Gasteiger partial charge in [-0.15, -0.1) is 0 Å². The molecular formula is C13H10BrN3O2. The number of carbonyl (C=O) groups excluding carboxylic acids is 2. The topological polar surface area (TPSA) is 55.2 Å². The second-order valence-corrected chi connectivity index (χ2v) is 5.16. The summed E-state index contributed by atoms with van der Waals surface area (Å²) in [6.07, 6.45) is 1.65. The monoisotopic (exact) mass is 319 g/mol. The molecule has 1 aliphatic heterocycles. The number of carbonyl (C=O) groups is 2. The maximum atomic E-state index is 12.2. The van der Waals surface area contributed by atoms with Crippen LogP contribution in [-0.2, 0) is 13.6 Å². The molecule has 0 saturated carbocycles. The van der Waals surface area contributed by atoms with Crippen molar-refractivity contribution in [1.29, 1.82) is 0 Å². The smallest absolute Gasteiger partial charge is 0.261 e. The molecule has 1 aliphatic rings. The first-order valence-corrected chi connectivity index (χ1v) is 6.50. The minimum absolute atomic E-state index is 0.212. The minimum atomic E-state index is -0.256. The number of benzene rings is 1. The van der Waals surface area contributed by atoms with Gasteiger partial charge in [-0.05, 0) is 28.1 Å². The van der Waals surface area contributed by atoms with Crippen LogP contribution in [0.1, 0.15) is 26.4 Å². The van der Waals surface area contributed by atoms with Crippen LogP contribution in [0, 0.1) is 0 Å². The fourth-order valence-corrected chi connectivity index (χ4v) is 2.62. The van der Waals surface area contributed by atoms with E-state index < -0.39 is 0 Å². The summed E-state index contributed by atoms with van der Waals surface area (Å²) in [5.41, 5.74) is 1.71. The van der Waals surface area contributed by atoms with Crippen molar-refractivity contribution in [3.8, 4) is 0 Å². The Balaban J connectivity index is 1.97. The molecule has 0 spiro atoms. The highest BCUT2D eigenvalue weighted by molar-refractivity contribution is 9.10. The fraction of sp³-hybridized carbons (Fsp3) is 0.154. The minimum Gasteiger partial charge on any atom is -0.270 e. The van der Waals surface area contributed by atoms with E-state index in [4.69, 9.17) is 0 Å². The molecule has 3 rings (SSSR count). The average Bonchev–Trinajstić information content (AvgIpc) is 2.85. The van der Waals surface area contributed by atoms with Gasteiger partial charge in [-0.3, -0.25) is 19.2 Å². The molecule has 0 bridgehead atoms. The zero-order valence-electron chi connectivity index (χ0n) is 10.1. The van der Waals surface area contributed by atoms with Gasteiger partial charge in [0, 0.05) is 7.05 Å². The lowest BCUT2D eigenvalue weighted by atomic mass is 10.1. The molecule has 0 N–H and O–H groups in total. The third-order valence-corrected chi connectivity index (χ3v) is 3.86. The van der Waals surface area contributed by atoms with Gasteiger partial charge in [0.05, 0.1) is 34.0 Å². The number of hydrogen-bond donors (Lipinski definition) is 0. The fourth-order valence-electron chi connectivity index (χ4n) is 2.15. The van der Waals surface area contributed by atoms with Crippen LogP contribution in [0.2, 0.25) is 0 Å². The predicted molar refractivity (Wildman–Crippen MR) is 71.6 cm³/mol. The highest BCUT2D eigenvalue weighted by Crippen LogP contribution is 2.26. The van der Waals surface area contributed by atoms with E-state index in [2.05, 4.69) is 21.0 Å². The summed E-state index contributed by atoms with van der Waals surface area (Å²) in [6.45, 7) is 0.212. The van der Waals surface area contributed by atoms with Crippen LogP contribution >= 0.6 is 15.9 Å². The van der Waals surface area contributed by atoms with E-state index in [1.54, 1.807) is 42.2 Å². The van der Waals surface area contributed by atoms with Crippen molar-refractivity contribution in [1.82, 2.24) is 14.7 Å². The lowest BCUT2D eigenvalue weighted by molar-refractivity contribution is 0.0638. The lowest BCUT2D eigenvalue weighted by Crippen LogP contribution is -2.30. The van der Waals surface area contributed by atoms with Gasteiger partial charge in [-0.1, -0.05) is 12.1 Å². The SMILES string of the molecule is Cn1ncc(Br)c1CN1C(=O)c2ccccc2C1=O. The van der Waals surface area contributed by atoms with E-state index in [0.29, 0.717) is 11.1 Å².